The van der Waals surface area contributed by atoms with Crippen LogP contribution in [0.4, 0.5) is 0 Å². The maximum absolute atomic E-state index is 6.30. The molecule has 55 heavy (non-hydrogen) atoms. The number of nitrogens with zero attached hydrogens (tertiary/aromatic N) is 4. The van der Waals surface area contributed by atoms with Crippen molar-refractivity contribution in [3.8, 4) is 22.4 Å². The number of rotatable bonds is 2. The average molecular weight is 719 g/mol. The van der Waals surface area contributed by atoms with Crippen LogP contribution in [0.1, 0.15) is 0 Å². The van der Waals surface area contributed by atoms with Crippen LogP contribution >= 0.6 is 11.3 Å². The van der Waals surface area contributed by atoms with Crippen LogP contribution in [0.25, 0.3) is 125 Å². The molecular weight excluding hydrogens is 693 g/mol. The number of fused-ring (bicyclic) bond motifs is 16. The Kier molecular flexibility index (Phi) is 5.71. The quantitative estimate of drug-likeness (QED) is 0.167. The van der Waals surface area contributed by atoms with Gasteiger partial charge in [-0.1, -0.05) is 109 Å². The smallest absolute Gasteiger partial charge is 0.228 e. The zero-order valence-electron chi connectivity index (χ0n) is 29.1. The molecule has 13 rings (SSSR count). The third-order valence-corrected chi connectivity index (χ3v) is 12.6. The van der Waals surface area contributed by atoms with Crippen LogP contribution in [0.2, 0.25) is 0 Å². The van der Waals surface area contributed by atoms with Crippen molar-refractivity contribution in [3.05, 3.63) is 158 Å². The summed E-state index contributed by atoms with van der Waals surface area (Å²) >= 11 is 1.85. The molecule has 0 aliphatic carbocycles. The minimum atomic E-state index is 0.620. The number of hydrogen-bond acceptors (Lipinski definition) is 5. The maximum Gasteiger partial charge on any atom is 0.228 e. The topological polar surface area (TPSA) is 56.2 Å². The van der Waals surface area contributed by atoms with Crippen molar-refractivity contribution in [2.45, 2.75) is 0 Å². The third-order valence-electron chi connectivity index (χ3n) is 11.4. The third kappa shape index (κ3) is 4.03. The summed E-state index contributed by atoms with van der Waals surface area (Å²) in [4.78, 5) is 15.3. The van der Waals surface area contributed by atoms with E-state index in [-0.39, 0.29) is 0 Å². The van der Waals surface area contributed by atoms with Crippen molar-refractivity contribution in [1.29, 1.82) is 0 Å². The summed E-state index contributed by atoms with van der Waals surface area (Å²) in [5.74, 6) is 0. The van der Waals surface area contributed by atoms with Gasteiger partial charge in [-0.25, -0.2) is 9.97 Å². The van der Waals surface area contributed by atoms with Crippen LogP contribution in [-0.4, -0.2) is 19.4 Å². The molecule has 0 saturated heterocycles. The molecule has 0 fully saturated rings. The van der Waals surface area contributed by atoms with Gasteiger partial charge in [0, 0.05) is 38.0 Å². The normalized spacial score (nSPS) is 12.4. The molecule has 0 amide bonds. The van der Waals surface area contributed by atoms with Gasteiger partial charge in [0.25, 0.3) is 0 Å². The highest BCUT2D eigenvalue weighted by molar-refractivity contribution is 7.27. The van der Waals surface area contributed by atoms with E-state index < -0.39 is 0 Å². The minimum absolute atomic E-state index is 0.620. The number of benzene rings is 7. The summed E-state index contributed by atoms with van der Waals surface area (Å²) in [5.41, 5.74) is 10.5. The van der Waals surface area contributed by atoms with Gasteiger partial charge in [-0.2, -0.15) is 0 Å². The highest BCUT2D eigenvalue weighted by atomic mass is 32.1. The Hall–Kier alpha value is -7.15. The Morgan fingerprint density at radius 3 is 2.16 bits per heavy atom. The van der Waals surface area contributed by atoms with E-state index in [4.69, 9.17) is 19.4 Å². The lowest BCUT2D eigenvalue weighted by Crippen LogP contribution is -1.94. The number of furan rings is 1. The van der Waals surface area contributed by atoms with E-state index in [9.17, 15) is 0 Å². The van der Waals surface area contributed by atoms with E-state index in [0.717, 1.165) is 71.8 Å². The Morgan fingerprint density at radius 1 is 0.509 bits per heavy atom. The number of hydrogen-bond donors (Lipinski definition) is 0. The maximum atomic E-state index is 6.30. The first-order chi connectivity index (χ1) is 27.2. The summed E-state index contributed by atoms with van der Waals surface area (Å²) < 4.78 is 11.2. The molecule has 0 spiro atoms. The molecule has 0 saturated carbocycles. The van der Waals surface area contributed by atoms with Gasteiger partial charge >= 0.3 is 0 Å². The first-order valence-corrected chi connectivity index (χ1v) is 19.2. The molecular formula is C49H26N4OS. The molecule has 6 heterocycles. The second-order valence-electron chi connectivity index (χ2n) is 14.4. The molecule has 0 radical (unpaired) electrons. The molecule has 0 bridgehead atoms. The number of imidazole rings is 1. The van der Waals surface area contributed by atoms with Gasteiger partial charge < -0.3 is 4.42 Å². The standard InChI is InChI=1S/C49H26N4OS/c1-2-10-31-25-36-32(24-30(31)9-1)20-22-39-44(36)52-48-47-37(34-21-19-27-8-3-4-11-33(27)46(34)55-47)26-40(53(39)48)28-15-17-29(18-16-28)42-43-35-12-5-6-14-41(35)54-49(43)51-38-13-7-23-50-45(38)42/h1-26H. The fraction of sp³-hybridized carbons (Fsp3) is 0. The Labute approximate surface area is 316 Å². The zero-order valence-corrected chi connectivity index (χ0v) is 29.9. The summed E-state index contributed by atoms with van der Waals surface area (Å²) in [6.07, 6.45) is 1.84. The first kappa shape index (κ1) is 29.3. The van der Waals surface area contributed by atoms with Gasteiger partial charge in [-0.15, -0.1) is 11.3 Å². The molecule has 0 aliphatic heterocycles. The molecule has 0 atom stereocenters. The van der Waals surface area contributed by atoms with Crippen molar-refractivity contribution >= 4 is 114 Å². The predicted molar refractivity (Wildman–Crippen MR) is 229 cm³/mol. The molecule has 13 aromatic rings. The Bertz CT molecular complexity index is 3780. The highest BCUT2D eigenvalue weighted by Gasteiger charge is 2.22. The van der Waals surface area contributed by atoms with Crippen LogP contribution in [-0.2, 0) is 0 Å². The summed E-state index contributed by atoms with van der Waals surface area (Å²) in [5, 5.41) is 11.8. The Balaban J connectivity index is 1.11. The van der Waals surface area contributed by atoms with E-state index in [1.165, 1.54) is 47.1 Å². The minimum Gasteiger partial charge on any atom is -0.438 e. The van der Waals surface area contributed by atoms with E-state index in [1.807, 2.05) is 47.9 Å². The lowest BCUT2D eigenvalue weighted by molar-refractivity contribution is 0.656. The van der Waals surface area contributed by atoms with Crippen molar-refractivity contribution in [3.63, 3.8) is 0 Å². The summed E-state index contributed by atoms with van der Waals surface area (Å²) in [7, 11) is 0. The van der Waals surface area contributed by atoms with Crippen LogP contribution in [0.5, 0.6) is 0 Å². The van der Waals surface area contributed by atoms with E-state index in [0.29, 0.717) is 5.71 Å². The molecule has 0 aliphatic rings. The molecule has 6 heteroatoms. The lowest BCUT2D eigenvalue weighted by atomic mass is 9.97. The molecule has 254 valence electrons. The predicted octanol–water partition coefficient (Wildman–Crippen LogP) is 13.5. The van der Waals surface area contributed by atoms with Crippen molar-refractivity contribution in [2.24, 2.45) is 0 Å². The zero-order chi connectivity index (χ0) is 35.8. The molecule has 7 aromatic carbocycles. The monoisotopic (exact) mass is 718 g/mol. The average Bonchev–Trinajstić information content (AvgIpc) is 3.94. The second kappa shape index (κ2) is 10.7. The van der Waals surface area contributed by atoms with Gasteiger partial charge in [-0.05, 0) is 80.5 Å². The molecule has 0 unspecified atom stereocenters. The first-order valence-electron chi connectivity index (χ1n) is 18.4. The van der Waals surface area contributed by atoms with Crippen LogP contribution in [0.3, 0.4) is 0 Å². The number of aromatic nitrogens is 4. The van der Waals surface area contributed by atoms with Gasteiger partial charge in [0.15, 0.2) is 5.65 Å². The van der Waals surface area contributed by atoms with Crippen LogP contribution < -0.4 is 0 Å². The van der Waals surface area contributed by atoms with Crippen LogP contribution in [0, 0.1) is 0 Å². The summed E-state index contributed by atoms with van der Waals surface area (Å²) in [6, 6.07) is 54.2. The summed E-state index contributed by atoms with van der Waals surface area (Å²) in [6.45, 7) is 0. The fourth-order valence-corrected chi connectivity index (χ4v) is 10.2. The van der Waals surface area contributed by atoms with Gasteiger partial charge in [-0.3, -0.25) is 9.38 Å². The van der Waals surface area contributed by atoms with Crippen molar-refractivity contribution < 1.29 is 4.42 Å². The van der Waals surface area contributed by atoms with Gasteiger partial charge in [0.05, 0.1) is 37.8 Å². The largest absolute Gasteiger partial charge is 0.438 e. The fourth-order valence-electron chi connectivity index (χ4n) is 8.87. The van der Waals surface area contributed by atoms with Gasteiger partial charge in [0.1, 0.15) is 5.58 Å². The second-order valence-corrected chi connectivity index (χ2v) is 15.4. The Morgan fingerprint density at radius 2 is 1.27 bits per heavy atom. The molecule has 6 aromatic heterocycles. The van der Waals surface area contributed by atoms with E-state index in [2.05, 4.69) is 126 Å². The van der Waals surface area contributed by atoms with Gasteiger partial charge in [0.2, 0.25) is 5.71 Å². The van der Waals surface area contributed by atoms with E-state index >= 15 is 0 Å². The number of thiophene rings is 1. The highest BCUT2D eigenvalue weighted by Crippen LogP contribution is 2.45. The lowest BCUT2D eigenvalue weighted by Gasteiger charge is -2.12. The number of para-hydroxylation sites is 1. The van der Waals surface area contributed by atoms with Crippen molar-refractivity contribution in [1.82, 2.24) is 19.4 Å². The van der Waals surface area contributed by atoms with Crippen LogP contribution in [0.15, 0.2) is 162 Å². The number of pyridine rings is 3. The molecule has 0 N–H and O–H groups in total. The van der Waals surface area contributed by atoms with Crippen molar-refractivity contribution in [2.75, 3.05) is 0 Å². The van der Waals surface area contributed by atoms with E-state index in [1.54, 1.807) is 0 Å². The molecule has 5 nitrogen and oxygen atoms in total. The SMILES string of the molecule is c1ccc2cc3c(ccc4c3nc3c5sc6c7ccccc7ccc6c5cc(-c5ccc(-c6c7ncccc7nc7oc8ccccc8c67)cc5)n43)cc2c1.